The second-order valence-corrected chi connectivity index (χ2v) is 6.72. The minimum atomic E-state index is -4.63. The van der Waals surface area contributed by atoms with Gasteiger partial charge in [0.15, 0.2) is 0 Å². The van der Waals surface area contributed by atoms with Gasteiger partial charge in [0.05, 0.1) is 11.5 Å². The third kappa shape index (κ3) is 4.17. The van der Waals surface area contributed by atoms with E-state index in [4.69, 9.17) is 5.21 Å². The van der Waals surface area contributed by atoms with Crippen molar-refractivity contribution in [2.45, 2.75) is 31.5 Å². The second-order valence-electron chi connectivity index (χ2n) is 6.72. The van der Waals surface area contributed by atoms with E-state index in [1.165, 1.54) is 12.1 Å². The van der Waals surface area contributed by atoms with Crippen LogP contribution in [0, 0.1) is 5.92 Å². The van der Waals surface area contributed by atoms with Crippen LogP contribution in [0.1, 0.15) is 35.2 Å². The molecule has 8 heteroatoms. The van der Waals surface area contributed by atoms with Gasteiger partial charge in [-0.2, -0.15) is 13.2 Å². The minimum absolute atomic E-state index is 0.0111. The van der Waals surface area contributed by atoms with Crippen LogP contribution in [0.25, 0.3) is 11.1 Å². The Labute approximate surface area is 159 Å². The van der Waals surface area contributed by atoms with Crippen molar-refractivity contribution in [3.63, 3.8) is 0 Å². The van der Waals surface area contributed by atoms with E-state index in [9.17, 15) is 22.8 Å². The summed E-state index contributed by atoms with van der Waals surface area (Å²) in [6, 6.07) is 11.0. The molecule has 3 N–H and O–H groups in total. The highest BCUT2D eigenvalue weighted by Gasteiger charge is 2.36. The van der Waals surface area contributed by atoms with Gasteiger partial charge in [0.1, 0.15) is 0 Å². The first kappa shape index (κ1) is 19.9. The molecule has 0 radical (unpaired) electrons. The lowest BCUT2D eigenvalue weighted by Gasteiger charge is -2.20. The molecule has 148 valence electrons. The third-order valence-corrected chi connectivity index (χ3v) is 4.95. The van der Waals surface area contributed by atoms with Crippen LogP contribution in [0.3, 0.4) is 0 Å². The number of nitrogens with one attached hydrogen (secondary N) is 2. The molecule has 2 amide bonds. The van der Waals surface area contributed by atoms with Gasteiger partial charge in [0.25, 0.3) is 5.91 Å². The summed E-state index contributed by atoms with van der Waals surface area (Å²) >= 11 is 0. The second kappa shape index (κ2) is 8.02. The van der Waals surface area contributed by atoms with Crippen molar-refractivity contribution in [3.8, 4) is 11.1 Å². The highest BCUT2D eigenvalue weighted by atomic mass is 19.4. The maximum absolute atomic E-state index is 13.6. The number of rotatable bonds is 4. The fourth-order valence-corrected chi connectivity index (χ4v) is 3.57. The molecule has 0 unspecified atom stereocenters. The van der Waals surface area contributed by atoms with Gasteiger partial charge in [-0.3, -0.25) is 14.8 Å². The molecule has 0 aliphatic heterocycles. The van der Waals surface area contributed by atoms with Gasteiger partial charge in [-0.25, -0.2) is 5.48 Å². The maximum atomic E-state index is 13.6. The quantitative estimate of drug-likeness (QED) is 0.547. The number of carbonyl (C=O) groups excluding carboxylic acids is 2. The molecule has 3 rings (SSSR count). The molecule has 1 aliphatic carbocycles. The fourth-order valence-electron chi connectivity index (χ4n) is 3.57. The van der Waals surface area contributed by atoms with Crippen molar-refractivity contribution in [1.29, 1.82) is 0 Å². The van der Waals surface area contributed by atoms with Gasteiger partial charge in [-0.05, 0) is 36.1 Å². The van der Waals surface area contributed by atoms with Crippen LogP contribution in [0.2, 0.25) is 0 Å². The van der Waals surface area contributed by atoms with Crippen molar-refractivity contribution >= 4 is 11.8 Å². The number of hydrogen-bond acceptors (Lipinski definition) is 3. The van der Waals surface area contributed by atoms with Gasteiger partial charge >= 0.3 is 6.18 Å². The molecule has 2 aromatic rings. The Morgan fingerprint density at radius 3 is 2.39 bits per heavy atom. The molecule has 0 bridgehead atoms. The summed E-state index contributed by atoms with van der Waals surface area (Å²) in [5.41, 5.74) is 0.917. The van der Waals surface area contributed by atoms with E-state index < -0.39 is 35.5 Å². The first-order valence-electron chi connectivity index (χ1n) is 8.82. The number of benzene rings is 2. The zero-order valence-electron chi connectivity index (χ0n) is 14.8. The number of halogens is 3. The average Bonchev–Trinajstić information content (AvgIpc) is 3.15. The Bertz CT molecular complexity index is 869. The van der Waals surface area contributed by atoms with Crippen molar-refractivity contribution < 1.29 is 28.0 Å². The molecule has 1 saturated carbocycles. The molecule has 0 aromatic heterocycles. The smallest absolute Gasteiger partial charge is 0.349 e. The fraction of sp³-hybridized carbons (Fsp3) is 0.300. The number of amides is 2. The predicted molar refractivity (Wildman–Crippen MR) is 95.4 cm³/mol. The van der Waals surface area contributed by atoms with E-state index in [2.05, 4.69) is 5.32 Å². The Morgan fingerprint density at radius 2 is 1.75 bits per heavy atom. The van der Waals surface area contributed by atoms with Crippen LogP contribution in [0.15, 0.2) is 48.5 Å². The topological polar surface area (TPSA) is 78.4 Å². The molecule has 5 nitrogen and oxygen atoms in total. The Hall–Kier alpha value is -2.87. The van der Waals surface area contributed by atoms with E-state index in [1.807, 2.05) is 0 Å². The van der Waals surface area contributed by atoms with Crippen molar-refractivity contribution in [1.82, 2.24) is 10.8 Å². The van der Waals surface area contributed by atoms with E-state index in [-0.39, 0.29) is 11.1 Å². The molecule has 2 aromatic carbocycles. The number of hydrogen-bond donors (Lipinski definition) is 3. The molecule has 0 spiro atoms. The molecule has 28 heavy (non-hydrogen) atoms. The van der Waals surface area contributed by atoms with Crippen molar-refractivity contribution in [2.24, 2.45) is 5.92 Å². The summed E-state index contributed by atoms with van der Waals surface area (Å²) in [5, 5.41) is 11.4. The summed E-state index contributed by atoms with van der Waals surface area (Å²) in [6.45, 7) is 0. The van der Waals surface area contributed by atoms with Crippen LogP contribution in [-0.4, -0.2) is 23.1 Å². The summed E-state index contributed by atoms with van der Waals surface area (Å²) in [7, 11) is 0. The normalized spacial score (nSPS) is 19.3. The average molecular weight is 392 g/mol. The van der Waals surface area contributed by atoms with Gasteiger partial charge in [0.2, 0.25) is 5.91 Å². The molecule has 0 saturated heterocycles. The predicted octanol–water partition coefficient (Wildman–Crippen LogP) is 3.78. The molecule has 2 atom stereocenters. The first-order chi connectivity index (χ1) is 13.3. The third-order valence-electron chi connectivity index (χ3n) is 4.95. The van der Waals surface area contributed by atoms with Gasteiger partial charge < -0.3 is 5.32 Å². The summed E-state index contributed by atoms with van der Waals surface area (Å²) in [5.74, 6) is -1.91. The largest absolute Gasteiger partial charge is 0.417 e. The lowest BCUT2D eigenvalue weighted by atomic mass is 9.96. The van der Waals surface area contributed by atoms with E-state index >= 15 is 0 Å². The lowest BCUT2D eigenvalue weighted by molar-refractivity contribution is -0.137. The highest BCUT2D eigenvalue weighted by molar-refractivity contribution is 5.96. The zero-order chi connectivity index (χ0) is 20.3. The number of alkyl halides is 3. The van der Waals surface area contributed by atoms with Crippen molar-refractivity contribution in [2.75, 3.05) is 0 Å². The maximum Gasteiger partial charge on any atom is 0.417 e. The minimum Gasteiger partial charge on any atom is -0.349 e. The lowest BCUT2D eigenvalue weighted by Crippen LogP contribution is -2.43. The Kier molecular flexibility index (Phi) is 5.69. The van der Waals surface area contributed by atoms with Crippen molar-refractivity contribution in [3.05, 3.63) is 59.7 Å². The number of hydroxylamine groups is 1. The Morgan fingerprint density at radius 1 is 1.04 bits per heavy atom. The van der Waals surface area contributed by atoms with Gasteiger partial charge in [-0.1, -0.05) is 42.8 Å². The monoisotopic (exact) mass is 392 g/mol. The molecule has 1 aliphatic rings. The Balaban J connectivity index is 1.88. The standard InChI is InChI=1S/C20H19F3N2O3/c21-20(22,23)16-11-13(9-10-14(16)12-5-2-1-3-6-12)18(26)24-17-8-4-7-15(17)19(27)25-28/h1-3,5-6,9-11,15,17,28H,4,7-8H2,(H,24,26)(H,25,27)/t15-,17+/m0/s1. The van der Waals surface area contributed by atoms with Crippen LogP contribution < -0.4 is 10.8 Å². The summed E-state index contributed by atoms with van der Waals surface area (Å²) < 4.78 is 40.8. The summed E-state index contributed by atoms with van der Waals surface area (Å²) in [6.07, 6.45) is -2.96. The van der Waals surface area contributed by atoms with Gasteiger partial charge in [-0.15, -0.1) is 0 Å². The van der Waals surface area contributed by atoms with E-state index in [0.29, 0.717) is 24.8 Å². The molecule has 0 heterocycles. The SMILES string of the molecule is O=C(N[C@@H]1CCC[C@@H]1C(=O)NO)c1ccc(-c2ccccc2)c(C(F)(F)F)c1. The molecule has 1 fully saturated rings. The summed E-state index contributed by atoms with van der Waals surface area (Å²) in [4.78, 5) is 24.2. The van der Waals surface area contributed by atoms with Crippen LogP contribution in [-0.2, 0) is 11.0 Å². The van der Waals surface area contributed by atoms with Crippen LogP contribution >= 0.6 is 0 Å². The van der Waals surface area contributed by atoms with Crippen LogP contribution in [0.5, 0.6) is 0 Å². The first-order valence-corrected chi connectivity index (χ1v) is 8.82. The molecular weight excluding hydrogens is 373 g/mol. The van der Waals surface area contributed by atoms with E-state index in [1.54, 1.807) is 35.8 Å². The van der Waals surface area contributed by atoms with Gasteiger partial charge in [0, 0.05) is 11.6 Å². The highest BCUT2D eigenvalue weighted by Crippen LogP contribution is 2.37. The number of carbonyl (C=O) groups is 2. The molecular formula is C20H19F3N2O3. The zero-order valence-corrected chi connectivity index (χ0v) is 14.8. The van der Waals surface area contributed by atoms with Crippen LogP contribution in [0.4, 0.5) is 13.2 Å². The van der Waals surface area contributed by atoms with E-state index in [0.717, 1.165) is 6.07 Å².